The molecule has 0 radical (unpaired) electrons. The Labute approximate surface area is 192 Å². The van der Waals surface area contributed by atoms with Gasteiger partial charge in [-0.05, 0) is 48.2 Å². The first-order chi connectivity index (χ1) is 15.3. The van der Waals surface area contributed by atoms with E-state index in [2.05, 4.69) is 0 Å². The van der Waals surface area contributed by atoms with Gasteiger partial charge in [-0.25, -0.2) is 13.2 Å². The van der Waals surface area contributed by atoms with E-state index in [0.717, 1.165) is 5.56 Å². The fraction of sp³-hybridized carbons (Fsp3) is 0.160. The molecule has 0 spiro atoms. The van der Waals surface area contributed by atoms with Crippen molar-refractivity contribution < 1.29 is 18.3 Å². The highest BCUT2D eigenvalue weighted by Gasteiger charge is 2.44. The second-order valence-corrected chi connectivity index (χ2v) is 9.93. The lowest BCUT2D eigenvalue weighted by atomic mass is 9.89. The van der Waals surface area contributed by atoms with E-state index in [1.165, 1.54) is 4.31 Å². The minimum Gasteiger partial charge on any atom is -0.478 e. The Morgan fingerprint density at radius 1 is 0.938 bits per heavy atom. The summed E-state index contributed by atoms with van der Waals surface area (Å²) in [5.41, 5.74) is 1.98. The van der Waals surface area contributed by atoms with Gasteiger partial charge in [0, 0.05) is 5.02 Å². The molecule has 3 aromatic carbocycles. The van der Waals surface area contributed by atoms with Gasteiger partial charge in [-0.2, -0.15) is 4.31 Å². The second kappa shape index (κ2) is 8.90. The molecule has 1 unspecified atom stereocenters. The predicted molar refractivity (Wildman–Crippen MR) is 124 cm³/mol. The first-order valence-corrected chi connectivity index (χ1v) is 12.0. The normalized spacial score (nSPS) is 19.4. The van der Waals surface area contributed by atoms with E-state index in [0.29, 0.717) is 16.1 Å². The van der Waals surface area contributed by atoms with Crippen LogP contribution in [0.4, 0.5) is 0 Å². The van der Waals surface area contributed by atoms with Crippen molar-refractivity contribution in [2.24, 2.45) is 0 Å². The topological polar surface area (TPSA) is 74.7 Å². The fourth-order valence-corrected chi connectivity index (χ4v) is 6.31. The molecule has 7 heteroatoms. The molecule has 1 N–H and O–H groups in total. The molecule has 0 aromatic heterocycles. The van der Waals surface area contributed by atoms with Crippen molar-refractivity contribution >= 4 is 27.6 Å². The molecule has 3 aromatic rings. The molecule has 0 saturated carbocycles. The summed E-state index contributed by atoms with van der Waals surface area (Å²) >= 11 is 6.06. The molecule has 32 heavy (non-hydrogen) atoms. The Bertz CT molecular complexity index is 1270. The maximum Gasteiger partial charge on any atom is 0.333 e. The lowest BCUT2D eigenvalue weighted by Gasteiger charge is -2.41. The monoisotopic (exact) mass is 467 g/mol. The molecular weight excluding hydrogens is 446 g/mol. The van der Waals surface area contributed by atoms with Crippen molar-refractivity contribution in [2.45, 2.75) is 30.3 Å². The van der Waals surface area contributed by atoms with Gasteiger partial charge in [-0.1, -0.05) is 78.3 Å². The van der Waals surface area contributed by atoms with E-state index in [1.807, 2.05) is 6.07 Å². The van der Waals surface area contributed by atoms with Gasteiger partial charge in [0.1, 0.15) is 0 Å². The summed E-state index contributed by atoms with van der Waals surface area (Å²) in [5, 5.41) is 10.5. The number of carbonyl (C=O) groups is 1. The third-order valence-corrected chi connectivity index (χ3v) is 7.97. The molecule has 1 aliphatic rings. The standard InChI is InChI=1S/C25H22ClNO4S/c1-17-7-5-6-10-23(17)32(30,31)27-22(18-11-13-20(26)14-12-18)16-15-21(25(28)29)24(27)19-8-3-2-4-9-19/h2-15,22,24H,16H2,1H3,(H,28,29)/t22?,24-/m0/s1. The summed E-state index contributed by atoms with van der Waals surface area (Å²) in [6.45, 7) is 1.74. The van der Waals surface area contributed by atoms with Crippen LogP contribution in [0.3, 0.4) is 0 Å². The van der Waals surface area contributed by atoms with Crippen LogP contribution in [0.15, 0.2) is 95.4 Å². The van der Waals surface area contributed by atoms with Crippen molar-refractivity contribution in [1.29, 1.82) is 0 Å². The van der Waals surface area contributed by atoms with Crippen LogP contribution in [0.25, 0.3) is 0 Å². The highest BCUT2D eigenvalue weighted by molar-refractivity contribution is 7.89. The number of benzene rings is 3. The number of aliphatic carboxylic acids is 1. The molecule has 5 nitrogen and oxygen atoms in total. The first kappa shape index (κ1) is 22.3. The largest absolute Gasteiger partial charge is 0.478 e. The molecule has 164 valence electrons. The van der Waals surface area contributed by atoms with Gasteiger partial charge in [0.2, 0.25) is 10.0 Å². The summed E-state index contributed by atoms with van der Waals surface area (Å²) in [5.74, 6) is -1.14. The number of carboxylic acids is 1. The maximum atomic E-state index is 14.1. The highest BCUT2D eigenvalue weighted by Crippen LogP contribution is 2.46. The van der Waals surface area contributed by atoms with Gasteiger partial charge in [-0.15, -0.1) is 0 Å². The molecular formula is C25H22ClNO4S. The second-order valence-electron chi connectivity index (χ2n) is 7.68. The van der Waals surface area contributed by atoms with Gasteiger partial charge in [0.15, 0.2) is 0 Å². The number of sulfonamides is 1. The smallest absolute Gasteiger partial charge is 0.333 e. The lowest BCUT2D eigenvalue weighted by Crippen LogP contribution is -2.42. The Morgan fingerprint density at radius 3 is 2.19 bits per heavy atom. The van der Waals surface area contributed by atoms with Crippen molar-refractivity contribution in [1.82, 2.24) is 4.31 Å². The Morgan fingerprint density at radius 2 is 1.56 bits per heavy atom. The minimum atomic E-state index is -4.07. The van der Waals surface area contributed by atoms with E-state index in [-0.39, 0.29) is 16.9 Å². The molecule has 0 bridgehead atoms. The van der Waals surface area contributed by atoms with Crippen LogP contribution in [0, 0.1) is 6.92 Å². The summed E-state index contributed by atoms with van der Waals surface area (Å²) in [6, 6.07) is 21.0. The zero-order valence-electron chi connectivity index (χ0n) is 17.4. The molecule has 0 fully saturated rings. The number of rotatable bonds is 5. The van der Waals surface area contributed by atoms with Crippen LogP contribution < -0.4 is 0 Å². The third-order valence-electron chi connectivity index (χ3n) is 5.68. The van der Waals surface area contributed by atoms with Crippen LogP contribution in [-0.4, -0.2) is 23.8 Å². The van der Waals surface area contributed by atoms with Crippen LogP contribution in [-0.2, 0) is 14.8 Å². The van der Waals surface area contributed by atoms with Gasteiger partial charge >= 0.3 is 5.97 Å². The molecule has 1 aliphatic heterocycles. The van der Waals surface area contributed by atoms with Crippen molar-refractivity contribution in [3.05, 3.63) is 112 Å². The molecule has 0 saturated heterocycles. The van der Waals surface area contributed by atoms with Crippen LogP contribution >= 0.6 is 11.6 Å². The maximum absolute atomic E-state index is 14.1. The molecule has 4 rings (SSSR count). The van der Waals surface area contributed by atoms with E-state index in [4.69, 9.17) is 11.6 Å². The molecule has 0 amide bonds. The van der Waals surface area contributed by atoms with E-state index >= 15 is 0 Å². The Hall–Kier alpha value is -2.93. The van der Waals surface area contributed by atoms with Crippen LogP contribution in [0.2, 0.25) is 5.02 Å². The van der Waals surface area contributed by atoms with Gasteiger partial charge in [-0.3, -0.25) is 0 Å². The average molecular weight is 468 g/mol. The average Bonchev–Trinajstić information content (AvgIpc) is 2.79. The van der Waals surface area contributed by atoms with Gasteiger partial charge in [0.25, 0.3) is 0 Å². The highest BCUT2D eigenvalue weighted by atomic mass is 35.5. The van der Waals surface area contributed by atoms with E-state index in [9.17, 15) is 18.3 Å². The van der Waals surface area contributed by atoms with Gasteiger partial charge < -0.3 is 5.11 Å². The summed E-state index contributed by atoms with van der Waals surface area (Å²) < 4.78 is 29.5. The SMILES string of the molecule is Cc1ccccc1S(=O)(=O)N1C(c2ccc(Cl)cc2)CC=C(C(=O)O)[C@@H]1c1ccccc1. The Balaban J connectivity index is 1.98. The van der Waals surface area contributed by atoms with Crippen LogP contribution in [0.1, 0.15) is 35.2 Å². The third kappa shape index (κ3) is 4.09. The quantitative estimate of drug-likeness (QED) is 0.534. The van der Waals surface area contributed by atoms with Gasteiger partial charge in [0.05, 0.1) is 22.6 Å². The number of nitrogens with zero attached hydrogens (tertiary/aromatic N) is 1. The molecule has 1 heterocycles. The fourth-order valence-electron chi connectivity index (χ4n) is 4.17. The number of halogens is 1. The van der Waals surface area contributed by atoms with Crippen LogP contribution in [0.5, 0.6) is 0 Å². The van der Waals surface area contributed by atoms with Crippen molar-refractivity contribution in [2.75, 3.05) is 0 Å². The summed E-state index contributed by atoms with van der Waals surface area (Å²) in [6.07, 6.45) is 1.86. The van der Waals surface area contributed by atoms with Crippen molar-refractivity contribution in [3.63, 3.8) is 0 Å². The molecule has 0 aliphatic carbocycles. The van der Waals surface area contributed by atoms with Crippen molar-refractivity contribution in [3.8, 4) is 0 Å². The minimum absolute atomic E-state index is 0.0403. The molecule has 2 atom stereocenters. The lowest BCUT2D eigenvalue weighted by molar-refractivity contribution is -0.133. The summed E-state index contributed by atoms with van der Waals surface area (Å²) in [4.78, 5) is 12.4. The summed E-state index contributed by atoms with van der Waals surface area (Å²) in [7, 11) is -4.07. The zero-order valence-corrected chi connectivity index (χ0v) is 18.9. The van der Waals surface area contributed by atoms with E-state index < -0.39 is 28.1 Å². The van der Waals surface area contributed by atoms with E-state index in [1.54, 1.807) is 85.8 Å². The number of hydrogen-bond donors (Lipinski definition) is 1. The number of hydrogen-bond acceptors (Lipinski definition) is 3. The Kier molecular flexibility index (Phi) is 6.20. The zero-order chi connectivity index (χ0) is 22.9. The number of aryl methyl sites for hydroxylation is 1. The number of carboxylic acid groups (broad SMARTS) is 1. The first-order valence-electron chi connectivity index (χ1n) is 10.1. The predicted octanol–water partition coefficient (Wildman–Crippen LogP) is 5.54.